The molecule has 2 aliphatic rings. The van der Waals surface area contributed by atoms with Crippen LogP contribution in [-0.4, -0.2) is 44.0 Å². The number of hydrogen-bond acceptors (Lipinski definition) is 6. The Morgan fingerprint density at radius 2 is 1.96 bits per heavy atom. The molecular formula is C19H21N3O4. The lowest BCUT2D eigenvalue weighted by molar-refractivity contribution is -0.116. The fourth-order valence-corrected chi connectivity index (χ4v) is 3.04. The van der Waals surface area contributed by atoms with E-state index in [1.807, 2.05) is 12.1 Å². The summed E-state index contributed by atoms with van der Waals surface area (Å²) in [5.41, 5.74) is 1.81. The second-order valence-corrected chi connectivity index (χ2v) is 6.24. The molecular weight excluding hydrogens is 334 g/mol. The summed E-state index contributed by atoms with van der Waals surface area (Å²) in [5, 5.41) is 2.90. The van der Waals surface area contributed by atoms with Gasteiger partial charge < -0.3 is 24.4 Å². The van der Waals surface area contributed by atoms with Crippen LogP contribution in [0.15, 0.2) is 36.5 Å². The van der Waals surface area contributed by atoms with Gasteiger partial charge in [-0.15, -0.1) is 0 Å². The minimum absolute atomic E-state index is 0.0337. The number of hydrogen-bond donors (Lipinski definition) is 1. The minimum atomic E-state index is -0.0337. The molecule has 1 amide bonds. The van der Waals surface area contributed by atoms with Crippen molar-refractivity contribution in [1.29, 1.82) is 0 Å². The molecule has 7 nitrogen and oxygen atoms in total. The number of anilines is 2. The number of pyridine rings is 1. The highest BCUT2D eigenvalue weighted by molar-refractivity contribution is 5.91. The van der Waals surface area contributed by atoms with Crippen LogP contribution in [0.1, 0.15) is 12.0 Å². The molecule has 3 heterocycles. The monoisotopic (exact) mass is 355 g/mol. The van der Waals surface area contributed by atoms with Gasteiger partial charge in [0.2, 0.25) is 12.7 Å². The van der Waals surface area contributed by atoms with Crippen LogP contribution in [0.2, 0.25) is 0 Å². The predicted octanol–water partition coefficient (Wildman–Crippen LogP) is 2.22. The lowest BCUT2D eigenvalue weighted by Gasteiger charge is -2.28. The number of carbonyl (C=O) groups excluding carboxylic acids is 1. The zero-order valence-corrected chi connectivity index (χ0v) is 14.4. The lowest BCUT2D eigenvalue weighted by Crippen LogP contribution is -2.36. The predicted molar refractivity (Wildman–Crippen MR) is 96.8 cm³/mol. The van der Waals surface area contributed by atoms with Gasteiger partial charge >= 0.3 is 0 Å². The Morgan fingerprint density at radius 1 is 1.12 bits per heavy atom. The first kappa shape index (κ1) is 16.7. The average Bonchev–Trinajstić information content (AvgIpc) is 3.15. The molecule has 2 aliphatic heterocycles. The first-order chi connectivity index (χ1) is 12.8. The molecule has 0 spiro atoms. The van der Waals surface area contributed by atoms with Crippen molar-refractivity contribution in [2.45, 2.75) is 12.8 Å². The molecule has 2 aromatic rings. The van der Waals surface area contributed by atoms with Crippen molar-refractivity contribution in [1.82, 2.24) is 4.98 Å². The number of rotatable bonds is 5. The number of nitrogens with zero attached hydrogens (tertiary/aromatic N) is 2. The SMILES string of the molecule is O=C(CCc1ccnc(N2CCOCC2)c1)Nc1ccc2c(c1)OCO2. The van der Waals surface area contributed by atoms with Crippen molar-refractivity contribution in [3.63, 3.8) is 0 Å². The topological polar surface area (TPSA) is 72.9 Å². The van der Waals surface area contributed by atoms with Crippen LogP contribution in [0.3, 0.4) is 0 Å². The number of aromatic nitrogens is 1. The number of morpholine rings is 1. The van der Waals surface area contributed by atoms with E-state index < -0.39 is 0 Å². The number of carbonyl (C=O) groups is 1. The van der Waals surface area contributed by atoms with Crippen LogP contribution in [0.4, 0.5) is 11.5 Å². The van der Waals surface area contributed by atoms with E-state index in [1.54, 1.807) is 18.3 Å². The van der Waals surface area contributed by atoms with Gasteiger partial charge in [-0.05, 0) is 36.2 Å². The third-order valence-electron chi connectivity index (χ3n) is 4.44. The molecule has 0 radical (unpaired) electrons. The smallest absolute Gasteiger partial charge is 0.231 e. The molecule has 0 aliphatic carbocycles. The summed E-state index contributed by atoms with van der Waals surface area (Å²) in [4.78, 5) is 18.9. The molecule has 7 heteroatoms. The van der Waals surface area contributed by atoms with E-state index in [2.05, 4.69) is 21.3 Å². The molecule has 0 atom stereocenters. The third kappa shape index (κ3) is 3.88. The standard InChI is InChI=1S/C19H21N3O4/c23-19(21-15-2-3-16-17(12-15)26-13-25-16)4-1-14-5-6-20-18(11-14)22-7-9-24-10-8-22/h2-3,5-6,11-12H,1,4,7-10,13H2,(H,21,23). The Labute approximate surface area is 151 Å². The van der Waals surface area contributed by atoms with Crippen molar-refractivity contribution in [2.75, 3.05) is 43.3 Å². The van der Waals surface area contributed by atoms with Crippen molar-refractivity contribution in [3.8, 4) is 11.5 Å². The van der Waals surface area contributed by atoms with Crippen LogP contribution in [-0.2, 0) is 16.0 Å². The largest absolute Gasteiger partial charge is 0.454 e. The Hall–Kier alpha value is -2.80. The maximum absolute atomic E-state index is 12.2. The van der Waals surface area contributed by atoms with Gasteiger partial charge in [-0.25, -0.2) is 4.98 Å². The molecule has 1 aromatic heterocycles. The number of aryl methyl sites for hydroxylation is 1. The van der Waals surface area contributed by atoms with Crippen LogP contribution in [0.5, 0.6) is 11.5 Å². The van der Waals surface area contributed by atoms with Crippen LogP contribution in [0.25, 0.3) is 0 Å². The highest BCUT2D eigenvalue weighted by atomic mass is 16.7. The molecule has 0 bridgehead atoms. The molecule has 1 aromatic carbocycles. The van der Waals surface area contributed by atoms with Gasteiger partial charge in [0.05, 0.1) is 13.2 Å². The van der Waals surface area contributed by atoms with Gasteiger partial charge in [0.1, 0.15) is 5.82 Å². The van der Waals surface area contributed by atoms with Gasteiger partial charge in [-0.3, -0.25) is 4.79 Å². The van der Waals surface area contributed by atoms with E-state index in [-0.39, 0.29) is 12.7 Å². The lowest BCUT2D eigenvalue weighted by atomic mass is 10.1. The third-order valence-corrected chi connectivity index (χ3v) is 4.44. The van der Waals surface area contributed by atoms with Crippen LogP contribution >= 0.6 is 0 Å². The highest BCUT2D eigenvalue weighted by Crippen LogP contribution is 2.34. The molecule has 1 saturated heterocycles. The van der Waals surface area contributed by atoms with E-state index in [9.17, 15) is 4.79 Å². The quantitative estimate of drug-likeness (QED) is 0.887. The minimum Gasteiger partial charge on any atom is -0.454 e. The summed E-state index contributed by atoms with van der Waals surface area (Å²) in [6.45, 7) is 3.37. The number of amides is 1. The van der Waals surface area contributed by atoms with E-state index in [1.165, 1.54) is 0 Å². The zero-order chi connectivity index (χ0) is 17.8. The summed E-state index contributed by atoms with van der Waals surface area (Å²) in [7, 11) is 0. The first-order valence-corrected chi connectivity index (χ1v) is 8.75. The summed E-state index contributed by atoms with van der Waals surface area (Å²) in [5.74, 6) is 2.28. The van der Waals surface area contributed by atoms with E-state index >= 15 is 0 Å². The summed E-state index contributed by atoms with van der Waals surface area (Å²) >= 11 is 0. The Kier molecular flexibility index (Phi) is 4.88. The van der Waals surface area contributed by atoms with E-state index in [0.29, 0.717) is 30.0 Å². The second-order valence-electron chi connectivity index (χ2n) is 6.24. The average molecular weight is 355 g/mol. The highest BCUT2D eigenvalue weighted by Gasteiger charge is 2.15. The van der Waals surface area contributed by atoms with Crippen molar-refractivity contribution in [3.05, 3.63) is 42.1 Å². The Bertz CT molecular complexity index is 790. The molecule has 0 saturated carbocycles. The summed E-state index contributed by atoms with van der Waals surface area (Å²) < 4.78 is 16.0. The first-order valence-electron chi connectivity index (χ1n) is 8.75. The fraction of sp³-hybridized carbons (Fsp3) is 0.368. The number of benzene rings is 1. The molecule has 1 fully saturated rings. The molecule has 4 rings (SSSR count). The maximum Gasteiger partial charge on any atom is 0.231 e. The summed E-state index contributed by atoms with van der Waals surface area (Å²) in [6, 6.07) is 9.41. The van der Waals surface area contributed by atoms with E-state index in [0.717, 1.165) is 37.7 Å². The molecule has 1 N–H and O–H groups in total. The number of fused-ring (bicyclic) bond motifs is 1. The fourth-order valence-electron chi connectivity index (χ4n) is 3.04. The van der Waals surface area contributed by atoms with Gasteiger partial charge in [0.15, 0.2) is 11.5 Å². The second kappa shape index (κ2) is 7.61. The van der Waals surface area contributed by atoms with Gasteiger partial charge in [0.25, 0.3) is 0 Å². The van der Waals surface area contributed by atoms with Crippen LogP contribution < -0.4 is 19.7 Å². The number of nitrogens with one attached hydrogen (secondary N) is 1. The van der Waals surface area contributed by atoms with Crippen molar-refractivity contribution < 1.29 is 19.0 Å². The maximum atomic E-state index is 12.2. The summed E-state index contributed by atoms with van der Waals surface area (Å²) in [6.07, 6.45) is 2.87. The van der Waals surface area contributed by atoms with Gasteiger partial charge in [-0.2, -0.15) is 0 Å². The normalized spacial score (nSPS) is 15.8. The van der Waals surface area contributed by atoms with Gasteiger partial charge in [-0.1, -0.05) is 0 Å². The van der Waals surface area contributed by atoms with Crippen molar-refractivity contribution in [2.24, 2.45) is 0 Å². The molecule has 136 valence electrons. The van der Waals surface area contributed by atoms with Gasteiger partial charge in [0, 0.05) is 37.5 Å². The molecule has 26 heavy (non-hydrogen) atoms. The van der Waals surface area contributed by atoms with E-state index in [4.69, 9.17) is 14.2 Å². The van der Waals surface area contributed by atoms with Crippen molar-refractivity contribution >= 4 is 17.4 Å². The van der Waals surface area contributed by atoms with Crippen LogP contribution in [0, 0.1) is 0 Å². The Morgan fingerprint density at radius 3 is 2.85 bits per heavy atom. The zero-order valence-electron chi connectivity index (χ0n) is 14.4. The Balaban J connectivity index is 1.32. The number of ether oxygens (including phenoxy) is 3. The molecule has 0 unspecified atom stereocenters.